The largest absolute Gasteiger partial charge is 1.00 e. The van der Waals surface area contributed by atoms with Gasteiger partial charge in [0.15, 0.2) is 0 Å². The third-order valence-electron chi connectivity index (χ3n) is 5.60. The van der Waals surface area contributed by atoms with E-state index in [-0.39, 0.29) is 64.1 Å². The number of carbonyl (C=O) groups is 1. The number of aliphatic hydroxyl groups excluding tert-OH is 1. The zero-order chi connectivity index (χ0) is 16.2. The molecule has 0 amide bonds. The highest BCUT2D eigenvalue weighted by Gasteiger charge is 2.69. The second-order valence-electron chi connectivity index (χ2n) is 6.94. The van der Waals surface area contributed by atoms with Crippen molar-refractivity contribution in [3.05, 3.63) is 41.1 Å². The number of hydrogen-bond donors (Lipinski definition) is 1. The molecule has 25 heavy (non-hydrogen) atoms. The minimum Gasteiger partial charge on any atom is -1.00 e. The molecule has 2 bridgehead atoms. The van der Waals surface area contributed by atoms with Crippen LogP contribution in [0, 0.1) is 5.21 Å². The normalized spacial score (nSPS) is 38.6. The minimum absolute atomic E-state index is 0. The Labute approximate surface area is 156 Å². The first-order chi connectivity index (χ1) is 11.0. The Kier molecular flexibility index (Phi) is 5.92. The quantitative estimate of drug-likeness (QED) is 0.245. The van der Waals surface area contributed by atoms with Gasteiger partial charge in [-0.25, -0.2) is 0 Å². The molecule has 7 nitrogen and oxygen atoms in total. The van der Waals surface area contributed by atoms with Crippen molar-refractivity contribution in [3.63, 3.8) is 0 Å². The predicted molar refractivity (Wildman–Crippen MR) is 84.8 cm³/mol. The number of piperidine rings is 1. The van der Waals surface area contributed by atoms with Crippen LogP contribution in [0.1, 0.15) is 24.3 Å². The summed E-state index contributed by atoms with van der Waals surface area (Å²) >= 11 is 0. The zero-order valence-electron chi connectivity index (χ0n) is 13.9. The summed E-state index contributed by atoms with van der Waals surface area (Å²) in [7, 11) is 1.70. The van der Waals surface area contributed by atoms with Gasteiger partial charge in [0.1, 0.15) is 36.3 Å². The SMILES string of the molecule is C[N+]1([O-])[C@@H]2CC(OC(=O)[C@H](CO)c3ccccc3)C[C@H]1[C@@H]1O[C@@H]12.O.[Br-]. The molecule has 0 aliphatic carbocycles. The highest BCUT2D eigenvalue weighted by molar-refractivity contribution is 5.78. The molecule has 3 N–H and O–H groups in total. The van der Waals surface area contributed by atoms with Crippen molar-refractivity contribution in [2.75, 3.05) is 13.7 Å². The molecule has 3 fully saturated rings. The van der Waals surface area contributed by atoms with E-state index >= 15 is 0 Å². The van der Waals surface area contributed by atoms with Gasteiger partial charge in [0.2, 0.25) is 0 Å². The van der Waals surface area contributed by atoms with E-state index in [2.05, 4.69) is 0 Å². The minimum atomic E-state index is -0.672. The number of ether oxygens (including phenoxy) is 2. The van der Waals surface area contributed by atoms with Crippen LogP contribution in [0.4, 0.5) is 0 Å². The first-order valence-electron chi connectivity index (χ1n) is 8.11. The number of likely N-dealkylation sites (N-methyl/N-ethyl adjacent to an activating group) is 1. The summed E-state index contributed by atoms with van der Waals surface area (Å²) in [5.74, 6) is -1.09. The smallest absolute Gasteiger partial charge is 0.316 e. The van der Waals surface area contributed by atoms with E-state index in [9.17, 15) is 15.1 Å². The number of hydroxylamine groups is 3. The summed E-state index contributed by atoms with van der Waals surface area (Å²) in [6.45, 7) is -0.286. The maximum atomic E-state index is 12.6. The number of benzene rings is 1. The lowest BCUT2D eigenvalue weighted by Crippen LogP contribution is -3.00. The van der Waals surface area contributed by atoms with Crippen LogP contribution in [-0.4, -0.2) is 65.2 Å². The molecule has 3 saturated heterocycles. The van der Waals surface area contributed by atoms with Crippen LogP contribution in [-0.2, 0) is 14.3 Å². The fraction of sp³-hybridized carbons (Fsp3) is 0.588. The number of hydrogen-bond acceptors (Lipinski definition) is 5. The van der Waals surface area contributed by atoms with E-state index in [1.807, 2.05) is 18.2 Å². The second kappa shape index (κ2) is 7.30. The van der Waals surface area contributed by atoms with Crippen molar-refractivity contribution in [3.8, 4) is 0 Å². The van der Waals surface area contributed by atoms with Gasteiger partial charge in [0.05, 0.1) is 13.7 Å². The number of epoxide rings is 1. The Morgan fingerprint density at radius 1 is 1.32 bits per heavy atom. The van der Waals surface area contributed by atoms with Gasteiger partial charge < -0.3 is 46.9 Å². The molecular weight excluding hydrogens is 394 g/mol. The van der Waals surface area contributed by atoms with Gasteiger partial charge in [0.25, 0.3) is 0 Å². The average molecular weight is 417 g/mol. The Morgan fingerprint density at radius 2 is 1.88 bits per heavy atom. The van der Waals surface area contributed by atoms with Crippen LogP contribution in [0.25, 0.3) is 0 Å². The average Bonchev–Trinajstić information content (AvgIpc) is 3.27. The topological polar surface area (TPSA) is 114 Å². The van der Waals surface area contributed by atoms with E-state index < -0.39 is 11.9 Å². The molecule has 0 aromatic heterocycles. The van der Waals surface area contributed by atoms with Crippen LogP contribution < -0.4 is 17.0 Å². The molecule has 3 aliphatic heterocycles. The number of rotatable bonds is 4. The summed E-state index contributed by atoms with van der Waals surface area (Å²) in [6.07, 6.45) is 0.891. The number of esters is 1. The summed E-state index contributed by atoms with van der Waals surface area (Å²) in [4.78, 5) is 12.4. The van der Waals surface area contributed by atoms with E-state index in [4.69, 9.17) is 9.47 Å². The first-order valence-corrected chi connectivity index (χ1v) is 8.11. The number of fused-ring (bicyclic) bond motifs is 5. The van der Waals surface area contributed by atoms with Gasteiger partial charge in [-0.3, -0.25) is 4.79 Å². The van der Waals surface area contributed by atoms with Gasteiger partial charge in [-0.05, 0) is 5.56 Å². The van der Waals surface area contributed by atoms with Crippen molar-refractivity contribution in [1.82, 2.24) is 0 Å². The van der Waals surface area contributed by atoms with Crippen LogP contribution in [0.15, 0.2) is 30.3 Å². The first kappa shape index (κ1) is 20.3. The molecule has 0 saturated carbocycles. The third kappa shape index (κ3) is 3.34. The molecule has 0 radical (unpaired) electrons. The molecule has 2 unspecified atom stereocenters. The number of aliphatic hydroxyl groups is 1. The van der Waals surface area contributed by atoms with Gasteiger partial charge in [-0.15, -0.1) is 0 Å². The summed E-state index contributed by atoms with van der Waals surface area (Å²) in [5, 5.41) is 22.2. The fourth-order valence-corrected chi connectivity index (χ4v) is 4.25. The van der Waals surface area contributed by atoms with Crippen molar-refractivity contribution >= 4 is 5.97 Å². The Balaban J connectivity index is 0.00000113. The molecule has 3 heterocycles. The lowest BCUT2D eigenvalue weighted by atomic mass is 9.97. The molecule has 1 aromatic carbocycles. The molecular formula is C17H23BrNO6-. The molecule has 3 aliphatic rings. The van der Waals surface area contributed by atoms with Crippen LogP contribution in [0.3, 0.4) is 0 Å². The van der Waals surface area contributed by atoms with E-state index in [1.165, 1.54) is 0 Å². The fourth-order valence-electron chi connectivity index (χ4n) is 4.25. The van der Waals surface area contributed by atoms with Gasteiger partial charge in [-0.1, -0.05) is 30.3 Å². The predicted octanol–water partition coefficient (Wildman–Crippen LogP) is -2.89. The van der Waals surface area contributed by atoms with Gasteiger partial charge >= 0.3 is 5.97 Å². The second-order valence-corrected chi connectivity index (χ2v) is 6.94. The van der Waals surface area contributed by atoms with E-state index in [1.54, 1.807) is 19.2 Å². The molecule has 140 valence electrons. The van der Waals surface area contributed by atoms with Gasteiger partial charge in [0, 0.05) is 12.8 Å². The zero-order valence-corrected chi connectivity index (χ0v) is 15.5. The summed E-state index contributed by atoms with van der Waals surface area (Å²) in [6, 6.07) is 8.86. The van der Waals surface area contributed by atoms with E-state index in [0.717, 1.165) is 5.56 Å². The van der Waals surface area contributed by atoms with Crippen molar-refractivity contribution in [1.29, 1.82) is 0 Å². The third-order valence-corrected chi connectivity index (χ3v) is 5.60. The van der Waals surface area contributed by atoms with Crippen molar-refractivity contribution in [2.45, 2.75) is 49.2 Å². The molecule has 8 heteroatoms. The molecule has 4 rings (SSSR count). The summed E-state index contributed by atoms with van der Waals surface area (Å²) < 4.78 is 10.9. The number of carbonyl (C=O) groups excluding carboxylic acids is 1. The van der Waals surface area contributed by atoms with Crippen LogP contribution in [0.2, 0.25) is 0 Å². The Bertz CT molecular complexity index is 592. The van der Waals surface area contributed by atoms with Crippen LogP contribution in [0.5, 0.6) is 0 Å². The standard InChI is InChI=1S/C17H21NO5.BrH.H2O/c1-18(21)13-7-11(8-14(18)16-15(13)23-16)22-17(20)12(9-19)10-5-3-2-4-6-10;;/h2-6,11-16,19H,7-9H2,1H3;1H;1H2/p-1/t11?,12-,13-,14+,15-,16+,18?;;/m1../s1. The Hall–Kier alpha value is -1.03. The van der Waals surface area contributed by atoms with E-state index in [0.29, 0.717) is 12.8 Å². The lowest BCUT2D eigenvalue weighted by molar-refractivity contribution is -0.911. The maximum Gasteiger partial charge on any atom is 0.316 e. The number of morpholine rings is 1. The highest BCUT2D eigenvalue weighted by atomic mass is 79.9. The van der Waals surface area contributed by atoms with Crippen molar-refractivity contribution < 1.29 is 46.5 Å². The number of halogens is 1. The Morgan fingerprint density at radius 3 is 2.40 bits per heavy atom. The molecule has 0 spiro atoms. The lowest BCUT2D eigenvalue weighted by Gasteiger charge is -2.51. The number of quaternary nitrogens is 1. The monoisotopic (exact) mass is 416 g/mol. The van der Waals surface area contributed by atoms with Gasteiger partial charge in [-0.2, -0.15) is 0 Å². The maximum absolute atomic E-state index is 12.6. The number of nitrogens with zero attached hydrogens (tertiary/aromatic N) is 1. The van der Waals surface area contributed by atoms with Crippen molar-refractivity contribution in [2.24, 2.45) is 0 Å². The van der Waals surface area contributed by atoms with Crippen LogP contribution >= 0.6 is 0 Å². The molecule has 7 atom stereocenters. The summed E-state index contributed by atoms with van der Waals surface area (Å²) in [5.41, 5.74) is 0.745. The molecule has 1 aromatic rings. The highest BCUT2D eigenvalue weighted by Crippen LogP contribution is 2.52.